The van der Waals surface area contributed by atoms with Crippen LogP contribution in [0.4, 0.5) is 0 Å². The molecule has 0 aliphatic heterocycles. The monoisotopic (exact) mass is 328 g/mol. The van der Waals surface area contributed by atoms with E-state index < -0.39 is 0 Å². The van der Waals surface area contributed by atoms with E-state index in [1.807, 2.05) is 37.3 Å². The molecule has 1 unspecified atom stereocenters. The number of rotatable bonds is 5. The summed E-state index contributed by atoms with van der Waals surface area (Å²) in [5, 5.41) is 8.87. The van der Waals surface area contributed by atoms with Gasteiger partial charge in [0.05, 0.1) is 29.3 Å². The molecule has 3 aromatic rings. The molecule has 5 nitrogen and oxygen atoms in total. The van der Waals surface area contributed by atoms with Crippen molar-refractivity contribution in [3.63, 3.8) is 0 Å². The molecule has 0 saturated heterocycles. The van der Waals surface area contributed by atoms with Crippen LogP contribution in [0.1, 0.15) is 24.9 Å². The van der Waals surface area contributed by atoms with E-state index >= 15 is 0 Å². The van der Waals surface area contributed by atoms with Gasteiger partial charge in [0.2, 0.25) is 5.91 Å². The number of carbonyl (C=O) groups is 1. The number of amides is 1. The van der Waals surface area contributed by atoms with Crippen LogP contribution in [-0.2, 0) is 11.3 Å². The highest BCUT2D eigenvalue weighted by Crippen LogP contribution is 2.22. The Hall–Kier alpha value is -2.40. The molecular weight excluding hydrogens is 312 g/mol. The van der Waals surface area contributed by atoms with Crippen molar-refractivity contribution in [1.82, 2.24) is 20.1 Å². The Kier molecular flexibility index (Phi) is 4.57. The normalized spacial score (nSPS) is 12.3. The number of hydrogen-bond donors (Lipinski definition) is 1. The van der Waals surface area contributed by atoms with Gasteiger partial charge in [0, 0.05) is 24.2 Å². The summed E-state index contributed by atoms with van der Waals surface area (Å²) in [6, 6.07) is 9.41. The maximum atomic E-state index is 12.1. The highest BCUT2D eigenvalue weighted by atomic mass is 35.5. The Bertz CT molecular complexity index is 816. The number of nitrogens with one attached hydrogen (secondary N) is 1. The number of aromatic nitrogens is 3. The molecule has 1 aromatic carbocycles. The maximum Gasteiger partial charge on any atom is 0.222 e. The van der Waals surface area contributed by atoms with Gasteiger partial charge in [-0.2, -0.15) is 5.10 Å². The number of fused-ring (bicyclic) bond motifs is 1. The predicted octanol–water partition coefficient (Wildman–Crippen LogP) is 3.35. The van der Waals surface area contributed by atoms with Crippen LogP contribution in [0.15, 0.2) is 48.9 Å². The molecule has 2 aromatic heterocycles. The van der Waals surface area contributed by atoms with E-state index in [0.717, 1.165) is 16.5 Å². The third kappa shape index (κ3) is 3.51. The second kappa shape index (κ2) is 6.79. The Labute approximate surface area is 139 Å². The summed E-state index contributed by atoms with van der Waals surface area (Å²) in [5.74, 6) is -0.0139. The molecule has 2 heterocycles. The number of pyridine rings is 1. The van der Waals surface area contributed by atoms with Crippen molar-refractivity contribution in [3.05, 3.63) is 59.5 Å². The van der Waals surface area contributed by atoms with Gasteiger partial charge < -0.3 is 5.32 Å². The molecule has 0 fully saturated rings. The van der Waals surface area contributed by atoms with Crippen LogP contribution in [0.3, 0.4) is 0 Å². The topological polar surface area (TPSA) is 59.8 Å². The molecule has 0 radical (unpaired) electrons. The molecule has 118 valence electrons. The Balaban J connectivity index is 1.61. The molecule has 0 spiro atoms. The number of nitrogens with zero attached hydrogens (tertiary/aromatic N) is 3. The number of aryl methyl sites for hydroxylation is 1. The molecule has 0 aliphatic carbocycles. The predicted molar refractivity (Wildman–Crippen MR) is 90.2 cm³/mol. The van der Waals surface area contributed by atoms with E-state index in [0.29, 0.717) is 18.0 Å². The van der Waals surface area contributed by atoms with Crippen LogP contribution in [-0.4, -0.2) is 20.7 Å². The minimum Gasteiger partial charge on any atom is -0.350 e. The third-order valence-electron chi connectivity index (χ3n) is 3.77. The molecular formula is C17H17ClN4O. The first kappa shape index (κ1) is 15.5. The fourth-order valence-corrected chi connectivity index (χ4v) is 2.72. The molecule has 1 amide bonds. The zero-order chi connectivity index (χ0) is 16.2. The first-order valence-electron chi connectivity index (χ1n) is 7.44. The fourth-order valence-electron chi connectivity index (χ4n) is 2.50. The van der Waals surface area contributed by atoms with Crippen LogP contribution in [0, 0.1) is 0 Å². The van der Waals surface area contributed by atoms with Crippen LogP contribution in [0.25, 0.3) is 10.9 Å². The van der Waals surface area contributed by atoms with Gasteiger partial charge in [-0.05, 0) is 36.8 Å². The average molecular weight is 329 g/mol. The highest BCUT2D eigenvalue weighted by Gasteiger charge is 2.11. The van der Waals surface area contributed by atoms with Gasteiger partial charge in [0.1, 0.15) is 0 Å². The van der Waals surface area contributed by atoms with Gasteiger partial charge in [-0.1, -0.05) is 17.7 Å². The second-order valence-electron chi connectivity index (χ2n) is 5.36. The molecule has 6 heteroatoms. The lowest BCUT2D eigenvalue weighted by Gasteiger charge is -2.14. The van der Waals surface area contributed by atoms with E-state index in [4.69, 9.17) is 11.6 Å². The van der Waals surface area contributed by atoms with Gasteiger partial charge >= 0.3 is 0 Å². The molecule has 0 saturated carbocycles. The van der Waals surface area contributed by atoms with Crippen LogP contribution in [0.5, 0.6) is 0 Å². The number of benzene rings is 1. The molecule has 3 rings (SSSR count). The Morgan fingerprint density at radius 1 is 1.30 bits per heavy atom. The lowest BCUT2D eigenvalue weighted by atomic mass is 10.1. The molecule has 23 heavy (non-hydrogen) atoms. The summed E-state index contributed by atoms with van der Waals surface area (Å²) in [7, 11) is 0. The van der Waals surface area contributed by atoms with Gasteiger partial charge in [-0.25, -0.2) is 0 Å². The van der Waals surface area contributed by atoms with Crippen molar-refractivity contribution in [1.29, 1.82) is 0 Å². The smallest absolute Gasteiger partial charge is 0.222 e. The summed E-state index contributed by atoms with van der Waals surface area (Å²) < 4.78 is 1.80. The van der Waals surface area contributed by atoms with E-state index in [-0.39, 0.29) is 11.9 Å². The summed E-state index contributed by atoms with van der Waals surface area (Å²) in [4.78, 5) is 16.1. The fraction of sp³-hybridized carbons (Fsp3) is 0.235. The second-order valence-corrected chi connectivity index (χ2v) is 5.77. The largest absolute Gasteiger partial charge is 0.350 e. The van der Waals surface area contributed by atoms with Gasteiger partial charge in [0.25, 0.3) is 0 Å². The highest BCUT2D eigenvalue weighted by molar-refractivity contribution is 6.35. The molecule has 0 bridgehead atoms. The summed E-state index contributed by atoms with van der Waals surface area (Å²) in [6.45, 7) is 2.47. The lowest BCUT2D eigenvalue weighted by molar-refractivity contribution is -0.122. The number of carbonyl (C=O) groups excluding carboxylic acids is 1. The zero-order valence-electron chi connectivity index (χ0n) is 12.7. The van der Waals surface area contributed by atoms with Crippen molar-refractivity contribution >= 4 is 28.4 Å². The number of hydrogen-bond acceptors (Lipinski definition) is 3. The van der Waals surface area contributed by atoms with Gasteiger partial charge in [-0.15, -0.1) is 0 Å². The van der Waals surface area contributed by atoms with Crippen molar-refractivity contribution in [2.75, 3.05) is 0 Å². The molecule has 0 aliphatic rings. The SMILES string of the molecule is CC(NC(=O)CCn1ncc2c(Cl)cccc21)c1ccncc1. The molecule has 1 atom stereocenters. The zero-order valence-corrected chi connectivity index (χ0v) is 13.5. The van der Waals surface area contributed by atoms with E-state index in [2.05, 4.69) is 15.4 Å². The summed E-state index contributed by atoms with van der Waals surface area (Å²) in [6.07, 6.45) is 5.53. The standard InChI is InChI=1S/C17H17ClN4O/c1-12(13-5-8-19-9-6-13)21-17(23)7-10-22-16-4-2-3-15(18)14(16)11-20-22/h2-6,8-9,11-12H,7,10H2,1H3,(H,21,23). The van der Waals surface area contributed by atoms with Crippen molar-refractivity contribution < 1.29 is 4.79 Å². The Morgan fingerprint density at radius 2 is 2.09 bits per heavy atom. The van der Waals surface area contributed by atoms with E-state index in [1.165, 1.54) is 0 Å². The Morgan fingerprint density at radius 3 is 2.87 bits per heavy atom. The van der Waals surface area contributed by atoms with Gasteiger partial charge in [-0.3, -0.25) is 14.5 Å². The maximum absolute atomic E-state index is 12.1. The lowest BCUT2D eigenvalue weighted by Crippen LogP contribution is -2.27. The van der Waals surface area contributed by atoms with Crippen molar-refractivity contribution in [2.45, 2.75) is 25.9 Å². The van der Waals surface area contributed by atoms with Crippen LogP contribution < -0.4 is 5.32 Å². The first-order chi connectivity index (χ1) is 11.1. The minimum absolute atomic E-state index is 0.0139. The first-order valence-corrected chi connectivity index (χ1v) is 7.82. The van der Waals surface area contributed by atoms with E-state index in [1.54, 1.807) is 23.3 Å². The third-order valence-corrected chi connectivity index (χ3v) is 4.10. The quantitative estimate of drug-likeness (QED) is 0.781. The average Bonchev–Trinajstić information content (AvgIpc) is 2.98. The summed E-state index contributed by atoms with van der Waals surface area (Å²) >= 11 is 6.13. The van der Waals surface area contributed by atoms with Crippen LogP contribution in [0.2, 0.25) is 5.02 Å². The van der Waals surface area contributed by atoms with Crippen molar-refractivity contribution in [2.24, 2.45) is 0 Å². The van der Waals surface area contributed by atoms with Gasteiger partial charge in [0.15, 0.2) is 0 Å². The minimum atomic E-state index is -0.0469. The van der Waals surface area contributed by atoms with E-state index in [9.17, 15) is 4.79 Å². The number of halogens is 1. The van der Waals surface area contributed by atoms with Crippen LogP contribution >= 0.6 is 11.6 Å². The van der Waals surface area contributed by atoms with Crippen molar-refractivity contribution in [3.8, 4) is 0 Å². The summed E-state index contributed by atoms with van der Waals surface area (Å²) in [5.41, 5.74) is 1.97. The molecule has 1 N–H and O–H groups in total.